The summed E-state index contributed by atoms with van der Waals surface area (Å²) < 4.78 is 5.12. The number of carbonyl (C=O) groups is 1. The van der Waals surface area contributed by atoms with Gasteiger partial charge in [-0.25, -0.2) is 4.98 Å². The van der Waals surface area contributed by atoms with Crippen LogP contribution in [0.25, 0.3) is 11.3 Å². The van der Waals surface area contributed by atoms with Crippen LogP contribution in [0, 0.1) is 6.92 Å². The van der Waals surface area contributed by atoms with Crippen molar-refractivity contribution in [3.63, 3.8) is 0 Å². The van der Waals surface area contributed by atoms with Crippen LogP contribution in [0.5, 0.6) is 5.75 Å². The van der Waals surface area contributed by atoms with E-state index in [4.69, 9.17) is 4.74 Å². The van der Waals surface area contributed by atoms with Gasteiger partial charge < -0.3 is 15.0 Å². The Bertz CT molecular complexity index is 873. The van der Waals surface area contributed by atoms with Crippen LogP contribution < -0.4 is 10.1 Å². The summed E-state index contributed by atoms with van der Waals surface area (Å²) in [4.78, 5) is 19.7. The first-order valence-electron chi connectivity index (χ1n) is 8.78. The van der Waals surface area contributed by atoms with Crippen molar-refractivity contribution in [2.24, 2.45) is 0 Å². The minimum Gasteiger partial charge on any atom is -0.497 e. The molecule has 0 bridgehead atoms. The molecule has 0 spiro atoms. The van der Waals surface area contributed by atoms with Crippen molar-refractivity contribution in [1.29, 1.82) is 0 Å². The number of aromatic amines is 1. The molecule has 0 unspecified atom stereocenters. The van der Waals surface area contributed by atoms with Crippen LogP contribution in [0.2, 0.25) is 0 Å². The fraction of sp³-hybridized carbons (Fsp3) is 0.238. The maximum Gasteiger partial charge on any atom is 0.224 e. The lowest BCUT2D eigenvalue weighted by Gasteiger charge is -2.05. The molecule has 0 aliphatic rings. The average Bonchev–Trinajstić information content (AvgIpc) is 3.15. The van der Waals surface area contributed by atoms with Crippen molar-refractivity contribution in [1.82, 2.24) is 15.3 Å². The van der Waals surface area contributed by atoms with Gasteiger partial charge in [0.2, 0.25) is 5.91 Å². The normalized spacial score (nSPS) is 10.6. The van der Waals surface area contributed by atoms with E-state index in [2.05, 4.69) is 46.5 Å². The lowest BCUT2D eigenvalue weighted by atomic mass is 10.1. The molecule has 0 atom stereocenters. The molecule has 0 fully saturated rings. The molecule has 5 nitrogen and oxygen atoms in total. The van der Waals surface area contributed by atoms with Crippen LogP contribution in [0.1, 0.15) is 11.1 Å². The van der Waals surface area contributed by atoms with Gasteiger partial charge in [0.15, 0.2) is 5.16 Å². The molecule has 0 aliphatic carbocycles. The molecule has 1 heterocycles. The fourth-order valence-corrected chi connectivity index (χ4v) is 3.29. The second-order valence-electron chi connectivity index (χ2n) is 6.19. The van der Waals surface area contributed by atoms with Gasteiger partial charge in [0.05, 0.1) is 25.4 Å². The molecule has 1 amide bonds. The third-order valence-corrected chi connectivity index (χ3v) is 4.99. The highest BCUT2D eigenvalue weighted by Crippen LogP contribution is 2.21. The van der Waals surface area contributed by atoms with Crippen molar-refractivity contribution in [2.75, 3.05) is 19.4 Å². The second kappa shape index (κ2) is 9.28. The maximum atomic E-state index is 12.0. The van der Waals surface area contributed by atoms with Gasteiger partial charge in [0, 0.05) is 12.3 Å². The SMILES string of the molecule is COc1ccc(CC(=O)NCCSc2ncc(-c3ccc(C)cc3)[nH]2)cc1. The van der Waals surface area contributed by atoms with Gasteiger partial charge in [0.25, 0.3) is 0 Å². The first-order chi connectivity index (χ1) is 13.1. The minimum atomic E-state index is 0.0144. The predicted molar refractivity (Wildman–Crippen MR) is 109 cm³/mol. The highest BCUT2D eigenvalue weighted by Gasteiger charge is 2.06. The lowest BCUT2D eigenvalue weighted by molar-refractivity contribution is -0.120. The summed E-state index contributed by atoms with van der Waals surface area (Å²) in [5.41, 5.74) is 4.32. The monoisotopic (exact) mass is 381 g/mol. The van der Waals surface area contributed by atoms with Gasteiger partial charge in [-0.15, -0.1) is 0 Å². The van der Waals surface area contributed by atoms with Crippen LogP contribution >= 0.6 is 11.8 Å². The molecule has 3 rings (SSSR count). The summed E-state index contributed by atoms with van der Waals surface area (Å²) in [7, 11) is 1.63. The van der Waals surface area contributed by atoms with Crippen molar-refractivity contribution in [3.05, 3.63) is 65.9 Å². The van der Waals surface area contributed by atoms with Gasteiger partial charge in [-0.1, -0.05) is 53.7 Å². The van der Waals surface area contributed by atoms with Gasteiger partial charge in [-0.3, -0.25) is 4.79 Å². The highest BCUT2D eigenvalue weighted by atomic mass is 32.2. The molecular weight excluding hydrogens is 358 g/mol. The Labute approximate surface area is 163 Å². The average molecular weight is 382 g/mol. The smallest absolute Gasteiger partial charge is 0.224 e. The van der Waals surface area contributed by atoms with E-state index >= 15 is 0 Å². The molecule has 27 heavy (non-hydrogen) atoms. The molecule has 0 radical (unpaired) electrons. The number of hydrogen-bond donors (Lipinski definition) is 2. The Morgan fingerprint density at radius 3 is 2.59 bits per heavy atom. The topological polar surface area (TPSA) is 67.0 Å². The molecule has 6 heteroatoms. The molecule has 0 saturated heterocycles. The molecule has 0 saturated carbocycles. The Morgan fingerprint density at radius 1 is 1.15 bits per heavy atom. The van der Waals surface area contributed by atoms with E-state index in [0.717, 1.165) is 33.5 Å². The Balaban J connectivity index is 1.40. The number of thioether (sulfide) groups is 1. The zero-order chi connectivity index (χ0) is 19.1. The number of methoxy groups -OCH3 is 1. The van der Waals surface area contributed by atoms with Gasteiger partial charge in [-0.2, -0.15) is 0 Å². The van der Waals surface area contributed by atoms with E-state index < -0.39 is 0 Å². The number of benzene rings is 2. The zero-order valence-electron chi connectivity index (χ0n) is 15.5. The standard InChI is InChI=1S/C21H23N3O2S/c1-15-3-7-17(8-4-15)19-14-23-21(24-19)27-12-11-22-20(25)13-16-5-9-18(26-2)10-6-16/h3-10,14H,11-13H2,1-2H3,(H,22,25)(H,23,24). The summed E-state index contributed by atoms with van der Waals surface area (Å²) >= 11 is 1.59. The number of ether oxygens (including phenoxy) is 1. The summed E-state index contributed by atoms with van der Waals surface area (Å²) in [6.07, 6.45) is 2.21. The van der Waals surface area contributed by atoms with E-state index in [1.165, 1.54) is 5.56 Å². The van der Waals surface area contributed by atoms with Crippen LogP contribution in [0.4, 0.5) is 0 Å². The van der Waals surface area contributed by atoms with Crippen molar-refractivity contribution >= 4 is 17.7 Å². The number of nitrogens with zero attached hydrogens (tertiary/aromatic N) is 1. The highest BCUT2D eigenvalue weighted by molar-refractivity contribution is 7.99. The number of amides is 1. The van der Waals surface area contributed by atoms with Gasteiger partial charge in [0.1, 0.15) is 5.75 Å². The van der Waals surface area contributed by atoms with Gasteiger partial charge in [-0.05, 0) is 30.2 Å². The third kappa shape index (κ3) is 5.62. The number of H-pyrrole nitrogens is 1. The molecule has 3 aromatic rings. The van der Waals surface area contributed by atoms with E-state index in [1.807, 2.05) is 30.5 Å². The second-order valence-corrected chi connectivity index (χ2v) is 7.27. The summed E-state index contributed by atoms with van der Waals surface area (Å²) in [5.74, 6) is 1.56. The molecule has 1 aromatic heterocycles. The van der Waals surface area contributed by atoms with Crippen molar-refractivity contribution in [2.45, 2.75) is 18.5 Å². The van der Waals surface area contributed by atoms with Crippen LogP contribution in [-0.4, -0.2) is 35.3 Å². The third-order valence-electron chi connectivity index (χ3n) is 4.10. The molecule has 2 N–H and O–H groups in total. The Morgan fingerprint density at radius 2 is 1.89 bits per heavy atom. The number of imidazole rings is 1. The molecule has 0 aliphatic heterocycles. The van der Waals surface area contributed by atoms with E-state index in [9.17, 15) is 4.79 Å². The minimum absolute atomic E-state index is 0.0144. The number of aromatic nitrogens is 2. The summed E-state index contributed by atoms with van der Waals surface area (Å²) in [5, 5.41) is 3.80. The van der Waals surface area contributed by atoms with Crippen LogP contribution in [0.15, 0.2) is 59.9 Å². The van der Waals surface area contributed by atoms with E-state index in [-0.39, 0.29) is 5.91 Å². The first-order valence-corrected chi connectivity index (χ1v) is 9.77. The largest absolute Gasteiger partial charge is 0.497 e. The number of aryl methyl sites for hydroxylation is 1. The summed E-state index contributed by atoms with van der Waals surface area (Å²) in [6.45, 7) is 2.67. The molecule has 2 aromatic carbocycles. The Kier molecular flexibility index (Phi) is 6.54. The zero-order valence-corrected chi connectivity index (χ0v) is 16.3. The number of carbonyl (C=O) groups excluding carboxylic acids is 1. The van der Waals surface area contributed by atoms with E-state index in [0.29, 0.717) is 13.0 Å². The van der Waals surface area contributed by atoms with Gasteiger partial charge >= 0.3 is 0 Å². The quantitative estimate of drug-likeness (QED) is 0.459. The number of nitrogens with one attached hydrogen (secondary N) is 2. The van der Waals surface area contributed by atoms with Crippen LogP contribution in [-0.2, 0) is 11.2 Å². The van der Waals surface area contributed by atoms with Crippen molar-refractivity contribution < 1.29 is 9.53 Å². The Hall–Kier alpha value is -2.73. The molecular formula is C21H23N3O2S. The predicted octanol–water partition coefficient (Wildman–Crippen LogP) is 3.84. The van der Waals surface area contributed by atoms with Crippen molar-refractivity contribution in [3.8, 4) is 17.0 Å². The number of hydrogen-bond acceptors (Lipinski definition) is 4. The molecule has 140 valence electrons. The fourth-order valence-electron chi connectivity index (χ4n) is 2.59. The maximum absolute atomic E-state index is 12.0. The van der Waals surface area contributed by atoms with Crippen LogP contribution in [0.3, 0.4) is 0 Å². The number of rotatable bonds is 8. The summed E-state index contributed by atoms with van der Waals surface area (Å²) in [6, 6.07) is 15.9. The first kappa shape index (κ1) is 19.0. The van der Waals surface area contributed by atoms with E-state index in [1.54, 1.807) is 18.9 Å². The lowest BCUT2D eigenvalue weighted by Crippen LogP contribution is -2.27.